The minimum Gasteiger partial charge on any atom is -0.475 e. The van der Waals surface area contributed by atoms with E-state index in [9.17, 15) is 9.18 Å². The fraction of sp³-hybridized carbons (Fsp3) is 0. The number of aromatic nitrogens is 3. The number of benzene rings is 1. The van der Waals surface area contributed by atoms with Gasteiger partial charge in [-0.15, -0.1) is 0 Å². The van der Waals surface area contributed by atoms with Gasteiger partial charge in [0.2, 0.25) is 5.82 Å². The number of rotatable bonds is 2. The molecule has 1 N–H and O–H groups in total. The van der Waals surface area contributed by atoms with Crippen molar-refractivity contribution < 1.29 is 14.3 Å². The van der Waals surface area contributed by atoms with E-state index < -0.39 is 11.8 Å². The van der Waals surface area contributed by atoms with Crippen molar-refractivity contribution in [2.45, 2.75) is 0 Å². The summed E-state index contributed by atoms with van der Waals surface area (Å²) in [7, 11) is 0. The molecule has 6 heteroatoms. The molecular weight excluding hydrogens is 249 g/mol. The Balaban J connectivity index is 2.33. The zero-order valence-electron chi connectivity index (χ0n) is 9.62. The quantitative estimate of drug-likeness (QED) is 0.764. The summed E-state index contributed by atoms with van der Waals surface area (Å²) in [6.07, 6.45) is 3.09. The molecule has 2 heterocycles. The van der Waals surface area contributed by atoms with Gasteiger partial charge in [-0.1, -0.05) is 12.1 Å². The first-order valence-electron chi connectivity index (χ1n) is 5.49. The Morgan fingerprint density at radius 3 is 2.89 bits per heavy atom. The lowest BCUT2D eigenvalue weighted by molar-refractivity contribution is 0.0683. The molecule has 19 heavy (non-hydrogen) atoms. The molecule has 94 valence electrons. The van der Waals surface area contributed by atoms with E-state index in [2.05, 4.69) is 9.97 Å². The topological polar surface area (TPSA) is 67.5 Å². The molecule has 5 nitrogen and oxygen atoms in total. The van der Waals surface area contributed by atoms with Crippen molar-refractivity contribution >= 4 is 11.6 Å². The molecule has 0 aliphatic heterocycles. The van der Waals surface area contributed by atoms with Crippen LogP contribution in [-0.4, -0.2) is 25.4 Å². The van der Waals surface area contributed by atoms with Crippen LogP contribution in [0.15, 0.2) is 42.7 Å². The minimum absolute atomic E-state index is 0.151. The number of halogens is 1. The van der Waals surface area contributed by atoms with Gasteiger partial charge >= 0.3 is 5.97 Å². The van der Waals surface area contributed by atoms with Crippen LogP contribution in [0.4, 0.5) is 4.39 Å². The highest BCUT2D eigenvalue weighted by Gasteiger charge is 2.18. The van der Waals surface area contributed by atoms with Crippen molar-refractivity contribution in [1.82, 2.24) is 14.4 Å². The smallest absolute Gasteiger partial charge is 0.372 e. The van der Waals surface area contributed by atoms with Gasteiger partial charge in [-0.05, 0) is 18.2 Å². The first-order valence-corrected chi connectivity index (χ1v) is 5.49. The summed E-state index contributed by atoms with van der Waals surface area (Å²) in [4.78, 5) is 19.3. The standard InChI is InChI=1S/C13H8FN3O2/c14-9-4-1-3-8(7-9)10-11-15-5-2-6-17(11)12(16-10)13(18)19/h1-7H,(H,18,19). The molecule has 0 spiro atoms. The normalized spacial score (nSPS) is 10.8. The molecular formula is C13H8FN3O2. The summed E-state index contributed by atoms with van der Waals surface area (Å²) >= 11 is 0. The van der Waals surface area contributed by atoms with Crippen LogP contribution in [0.25, 0.3) is 16.9 Å². The van der Waals surface area contributed by atoms with Gasteiger partial charge in [0.1, 0.15) is 11.5 Å². The minimum atomic E-state index is -1.16. The van der Waals surface area contributed by atoms with E-state index in [1.54, 1.807) is 24.4 Å². The Morgan fingerprint density at radius 2 is 2.16 bits per heavy atom. The van der Waals surface area contributed by atoms with Gasteiger partial charge in [-0.25, -0.2) is 19.2 Å². The van der Waals surface area contributed by atoms with Crippen LogP contribution in [-0.2, 0) is 0 Å². The molecule has 0 atom stereocenters. The van der Waals surface area contributed by atoms with Gasteiger partial charge in [0.15, 0.2) is 5.65 Å². The van der Waals surface area contributed by atoms with E-state index >= 15 is 0 Å². The summed E-state index contributed by atoms with van der Waals surface area (Å²) in [5.74, 6) is -1.72. The SMILES string of the molecule is O=C(O)c1nc(-c2cccc(F)c2)c2ncccn12. The predicted octanol–water partition coefficient (Wildman–Crippen LogP) is 2.23. The van der Waals surface area contributed by atoms with Gasteiger partial charge in [-0.3, -0.25) is 4.40 Å². The molecule has 0 saturated heterocycles. The van der Waals surface area contributed by atoms with Crippen LogP contribution in [0.3, 0.4) is 0 Å². The maximum atomic E-state index is 13.2. The zero-order chi connectivity index (χ0) is 13.4. The average Bonchev–Trinajstić information content (AvgIpc) is 2.78. The molecule has 0 amide bonds. The summed E-state index contributed by atoms with van der Waals surface area (Å²) in [6, 6.07) is 7.41. The fourth-order valence-electron chi connectivity index (χ4n) is 1.91. The summed E-state index contributed by atoms with van der Waals surface area (Å²) in [6.45, 7) is 0. The van der Waals surface area contributed by atoms with E-state index in [0.717, 1.165) is 0 Å². The van der Waals surface area contributed by atoms with Gasteiger partial charge in [0.05, 0.1) is 0 Å². The molecule has 0 fully saturated rings. The van der Waals surface area contributed by atoms with Crippen molar-refractivity contribution in [2.24, 2.45) is 0 Å². The monoisotopic (exact) mass is 257 g/mol. The maximum Gasteiger partial charge on any atom is 0.372 e. The van der Waals surface area contributed by atoms with E-state index in [1.165, 1.54) is 22.7 Å². The lowest BCUT2D eigenvalue weighted by Gasteiger charge is -1.97. The summed E-state index contributed by atoms with van der Waals surface area (Å²) in [5.41, 5.74) is 1.21. The lowest BCUT2D eigenvalue weighted by atomic mass is 10.1. The average molecular weight is 257 g/mol. The first kappa shape index (κ1) is 11.3. The number of carboxylic acids is 1. The Morgan fingerprint density at radius 1 is 1.32 bits per heavy atom. The second kappa shape index (κ2) is 4.16. The van der Waals surface area contributed by atoms with E-state index in [4.69, 9.17) is 5.11 Å². The third-order valence-electron chi connectivity index (χ3n) is 2.69. The van der Waals surface area contributed by atoms with Crippen LogP contribution in [0.2, 0.25) is 0 Å². The summed E-state index contributed by atoms with van der Waals surface area (Å²) in [5, 5.41) is 9.11. The second-order valence-corrected chi connectivity index (χ2v) is 3.91. The third kappa shape index (κ3) is 1.83. The van der Waals surface area contributed by atoms with Crippen molar-refractivity contribution in [3.63, 3.8) is 0 Å². The van der Waals surface area contributed by atoms with E-state index in [-0.39, 0.29) is 5.82 Å². The Kier molecular flexibility index (Phi) is 2.49. The van der Waals surface area contributed by atoms with Crippen LogP contribution in [0.1, 0.15) is 10.6 Å². The molecule has 0 aliphatic rings. The second-order valence-electron chi connectivity index (χ2n) is 3.91. The molecule has 1 aromatic carbocycles. The highest BCUT2D eigenvalue weighted by molar-refractivity contribution is 5.88. The number of hydrogen-bond donors (Lipinski definition) is 1. The highest BCUT2D eigenvalue weighted by atomic mass is 19.1. The van der Waals surface area contributed by atoms with Crippen LogP contribution >= 0.6 is 0 Å². The Labute approximate surface area is 107 Å². The number of carboxylic acid groups (broad SMARTS) is 1. The highest BCUT2D eigenvalue weighted by Crippen LogP contribution is 2.24. The van der Waals surface area contributed by atoms with Crippen molar-refractivity contribution in [2.75, 3.05) is 0 Å². The van der Waals surface area contributed by atoms with Crippen molar-refractivity contribution in [3.05, 3.63) is 54.4 Å². The van der Waals surface area contributed by atoms with Gasteiger partial charge < -0.3 is 5.11 Å². The third-order valence-corrected chi connectivity index (χ3v) is 2.69. The van der Waals surface area contributed by atoms with Gasteiger partial charge in [-0.2, -0.15) is 0 Å². The van der Waals surface area contributed by atoms with Gasteiger partial charge in [0, 0.05) is 18.0 Å². The molecule has 3 aromatic rings. The number of fused-ring (bicyclic) bond motifs is 1. The molecule has 2 aromatic heterocycles. The maximum absolute atomic E-state index is 13.2. The molecule has 0 saturated carbocycles. The van der Waals surface area contributed by atoms with E-state index in [1.807, 2.05) is 0 Å². The van der Waals surface area contributed by atoms with E-state index in [0.29, 0.717) is 16.9 Å². The molecule has 0 aliphatic carbocycles. The predicted molar refractivity (Wildman–Crippen MR) is 65.3 cm³/mol. The molecule has 0 unspecified atom stereocenters. The van der Waals surface area contributed by atoms with Crippen LogP contribution in [0, 0.1) is 5.82 Å². The largest absolute Gasteiger partial charge is 0.475 e. The molecule has 0 bridgehead atoms. The molecule has 3 rings (SSSR count). The van der Waals surface area contributed by atoms with Crippen LogP contribution < -0.4 is 0 Å². The fourth-order valence-corrected chi connectivity index (χ4v) is 1.91. The number of imidazole rings is 1. The Bertz CT molecular complexity index is 782. The number of nitrogens with zero attached hydrogens (tertiary/aromatic N) is 3. The van der Waals surface area contributed by atoms with Gasteiger partial charge in [0.25, 0.3) is 0 Å². The zero-order valence-corrected chi connectivity index (χ0v) is 9.62. The molecule has 0 radical (unpaired) electrons. The first-order chi connectivity index (χ1) is 9.16. The number of carbonyl (C=O) groups is 1. The number of hydrogen-bond acceptors (Lipinski definition) is 3. The summed E-state index contributed by atoms with van der Waals surface area (Å²) < 4.78 is 14.6. The van der Waals surface area contributed by atoms with Crippen molar-refractivity contribution in [3.8, 4) is 11.3 Å². The lowest BCUT2D eigenvalue weighted by Crippen LogP contribution is -2.03. The van der Waals surface area contributed by atoms with Crippen molar-refractivity contribution in [1.29, 1.82) is 0 Å². The Hall–Kier alpha value is -2.76. The van der Waals surface area contributed by atoms with Crippen LogP contribution in [0.5, 0.6) is 0 Å². The number of aromatic carboxylic acids is 1.